The van der Waals surface area contributed by atoms with Crippen LogP contribution in [0.2, 0.25) is 0 Å². The third kappa shape index (κ3) is 1.28. The van der Waals surface area contributed by atoms with Gasteiger partial charge in [-0.3, -0.25) is 0 Å². The van der Waals surface area contributed by atoms with E-state index >= 15 is 0 Å². The van der Waals surface area contributed by atoms with Crippen molar-refractivity contribution in [2.75, 3.05) is 5.73 Å². The summed E-state index contributed by atoms with van der Waals surface area (Å²) in [5.41, 5.74) is 7.33. The second-order valence-corrected chi connectivity index (χ2v) is 2.14. The molecule has 1 aromatic heterocycles. The van der Waals surface area contributed by atoms with Crippen LogP contribution in [0.3, 0.4) is 0 Å². The first-order chi connectivity index (χ1) is 4.86. The van der Waals surface area contributed by atoms with Gasteiger partial charge < -0.3 is 10.7 Å². The molecule has 1 aromatic carbocycles. The van der Waals surface area contributed by atoms with E-state index in [-0.39, 0.29) is 12.4 Å². The molecule has 0 saturated heterocycles. The summed E-state index contributed by atoms with van der Waals surface area (Å²) in [6.45, 7) is 0. The van der Waals surface area contributed by atoms with E-state index in [1.807, 2.05) is 24.3 Å². The maximum Gasteiger partial charge on any atom is 0.198 e. The number of benzene rings is 1. The lowest BCUT2D eigenvalue weighted by atomic mass is 10.3. The van der Waals surface area contributed by atoms with E-state index in [9.17, 15) is 0 Å². The molecule has 0 bridgehead atoms. The molecule has 3 nitrogen and oxygen atoms in total. The van der Waals surface area contributed by atoms with E-state index in [1.54, 1.807) is 0 Å². The maximum atomic E-state index is 5.42. The molecular weight excluding hydrogens is 162 g/mol. The lowest BCUT2D eigenvalue weighted by molar-refractivity contribution is 1.35. The van der Waals surface area contributed by atoms with Gasteiger partial charge in [-0.2, -0.15) is 0 Å². The molecule has 4 heteroatoms. The van der Waals surface area contributed by atoms with Crippen LogP contribution in [0.25, 0.3) is 11.0 Å². The molecule has 0 atom stereocenters. The monoisotopic (exact) mass is 169 g/mol. The van der Waals surface area contributed by atoms with Crippen molar-refractivity contribution in [2.45, 2.75) is 0 Å². The van der Waals surface area contributed by atoms with Gasteiger partial charge in [0.1, 0.15) is 0 Å². The number of nitrogens with two attached hydrogens (primary N) is 1. The summed E-state index contributed by atoms with van der Waals surface area (Å²) in [5, 5.41) is 0. The topological polar surface area (TPSA) is 54.7 Å². The second-order valence-electron chi connectivity index (χ2n) is 2.14. The fourth-order valence-corrected chi connectivity index (χ4v) is 0.973. The third-order valence-corrected chi connectivity index (χ3v) is 1.41. The summed E-state index contributed by atoms with van der Waals surface area (Å²) >= 11 is 0. The first-order valence-corrected chi connectivity index (χ1v) is 3.06. The molecule has 58 valence electrons. The number of nitrogens with zero attached hydrogens (tertiary/aromatic N) is 1. The largest absolute Gasteiger partial charge is 0.369 e. The third-order valence-electron chi connectivity index (χ3n) is 1.41. The van der Waals surface area contributed by atoms with Gasteiger partial charge in [0, 0.05) is 0 Å². The smallest absolute Gasteiger partial charge is 0.198 e. The van der Waals surface area contributed by atoms with E-state index in [1.165, 1.54) is 0 Å². The van der Waals surface area contributed by atoms with Gasteiger partial charge in [-0.05, 0) is 12.1 Å². The number of nitrogen functional groups attached to an aromatic ring is 1. The standard InChI is InChI=1S/C7H7N3.ClH/c8-7-9-5-3-1-2-4-6(5)10-7;/h1-4H,(H3,8,9,10);1H. The Labute approximate surface area is 70.0 Å². The lowest BCUT2D eigenvalue weighted by Gasteiger charge is -1.81. The molecular formula is C7H8ClN3. The predicted molar refractivity (Wildman–Crippen MR) is 47.8 cm³/mol. The van der Waals surface area contributed by atoms with Gasteiger partial charge in [0.05, 0.1) is 11.0 Å². The van der Waals surface area contributed by atoms with Crippen LogP contribution in [0.1, 0.15) is 0 Å². The molecule has 2 rings (SSSR count). The summed E-state index contributed by atoms with van der Waals surface area (Å²) in [5.74, 6) is 0.473. The van der Waals surface area contributed by atoms with Crippen LogP contribution >= 0.6 is 12.4 Å². The van der Waals surface area contributed by atoms with Gasteiger partial charge in [-0.15, -0.1) is 12.4 Å². The van der Waals surface area contributed by atoms with Crippen molar-refractivity contribution < 1.29 is 0 Å². The van der Waals surface area contributed by atoms with Crippen LogP contribution in [0, 0.1) is 0 Å². The Kier molecular flexibility index (Phi) is 2.01. The number of hydrogen-bond acceptors (Lipinski definition) is 2. The predicted octanol–water partition coefficient (Wildman–Crippen LogP) is 1.57. The van der Waals surface area contributed by atoms with Crippen LogP contribution in [0.5, 0.6) is 0 Å². The zero-order valence-corrected chi connectivity index (χ0v) is 6.56. The quantitative estimate of drug-likeness (QED) is 0.629. The van der Waals surface area contributed by atoms with Crippen LogP contribution in [0.4, 0.5) is 5.95 Å². The Morgan fingerprint density at radius 1 is 1.27 bits per heavy atom. The van der Waals surface area contributed by atoms with Gasteiger partial charge in [-0.25, -0.2) is 4.98 Å². The second kappa shape index (κ2) is 2.80. The minimum absolute atomic E-state index is 0. The van der Waals surface area contributed by atoms with E-state index in [2.05, 4.69) is 9.97 Å². The highest BCUT2D eigenvalue weighted by Gasteiger charge is 1.94. The van der Waals surface area contributed by atoms with Gasteiger partial charge in [0.15, 0.2) is 5.95 Å². The van der Waals surface area contributed by atoms with Crippen LogP contribution in [0.15, 0.2) is 24.3 Å². The summed E-state index contributed by atoms with van der Waals surface area (Å²) in [6.07, 6.45) is 0. The highest BCUT2D eigenvalue weighted by Crippen LogP contribution is 2.10. The van der Waals surface area contributed by atoms with Crippen molar-refractivity contribution >= 4 is 29.4 Å². The van der Waals surface area contributed by atoms with Crippen molar-refractivity contribution in [3.05, 3.63) is 24.3 Å². The molecule has 0 radical (unpaired) electrons. The maximum absolute atomic E-state index is 5.42. The number of halogens is 1. The molecule has 0 amide bonds. The molecule has 0 unspecified atom stereocenters. The van der Waals surface area contributed by atoms with E-state index in [0.717, 1.165) is 11.0 Å². The average Bonchev–Trinajstić information content (AvgIpc) is 2.27. The Balaban J connectivity index is 0.000000605. The number of fused-ring (bicyclic) bond motifs is 1. The number of nitrogens with one attached hydrogen (secondary N) is 1. The molecule has 3 N–H and O–H groups in total. The molecule has 11 heavy (non-hydrogen) atoms. The minimum Gasteiger partial charge on any atom is -0.369 e. The van der Waals surface area contributed by atoms with Crippen molar-refractivity contribution in [1.29, 1.82) is 0 Å². The molecule has 1 heterocycles. The SMILES string of the molecule is Cl.Nc1nc2ccccc2[nH]1. The highest BCUT2D eigenvalue weighted by atomic mass is 35.5. The fourth-order valence-electron chi connectivity index (χ4n) is 0.973. The minimum atomic E-state index is 0. The van der Waals surface area contributed by atoms with Gasteiger partial charge in [-0.1, -0.05) is 12.1 Å². The Hall–Kier alpha value is -1.22. The number of hydrogen-bond donors (Lipinski definition) is 2. The molecule has 0 aliphatic heterocycles. The zero-order chi connectivity index (χ0) is 6.97. The van der Waals surface area contributed by atoms with Gasteiger partial charge in [0.2, 0.25) is 0 Å². The number of aromatic nitrogens is 2. The molecule has 0 spiro atoms. The van der Waals surface area contributed by atoms with Crippen molar-refractivity contribution in [1.82, 2.24) is 9.97 Å². The molecule has 0 aliphatic carbocycles. The van der Waals surface area contributed by atoms with Crippen LogP contribution in [-0.4, -0.2) is 9.97 Å². The van der Waals surface area contributed by atoms with Crippen molar-refractivity contribution in [3.8, 4) is 0 Å². The molecule has 0 aliphatic rings. The summed E-state index contributed by atoms with van der Waals surface area (Å²) in [6, 6.07) is 7.74. The normalized spacial score (nSPS) is 9.45. The average molecular weight is 170 g/mol. The number of rotatable bonds is 0. The summed E-state index contributed by atoms with van der Waals surface area (Å²) in [7, 11) is 0. The van der Waals surface area contributed by atoms with Crippen molar-refractivity contribution in [2.24, 2.45) is 0 Å². The number of para-hydroxylation sites is 2. The van der Waals surface area contributed by atoms with Crippen molar-refractivity contribution in [3.63, 3.8) is 0 Å². The van der Waals surface area contributed by atoms with E-state index < -0.39 is 0 Å². The molecule has 2 aromatic rings. The Morgan fingerprint density at radius 3 is 2.73 bits per heavy atom. The van der Waals surface area contributed by atoms with Crippen LogP contribution < -0.4 is 5.73 Å². The van der Waals surface area contributed by atoms with Gasteiger partial charge >= 0.3 is 0 Å². The first-order valence-electron chi connectivity index (χ1n) is 3.06. The first kappa shape index (κ1) is 7.88. The lowest BCUT2D eigenvalue weighted by Crippen LogP contribution is -1.84. The molecule has 0 fully saturated rings. The fraction of sp³-hybridized carbons (Fsp3) is 0. The number of H-pyrrole nitrogens is 1. The Bertz CT molecular complexity index is 322. The summed E-state index contributed by atoms with van der Waals surface area (Å²) < 4.78 is 0. The van der Waals surface area contributed by atoms with Gasteiger partial charge in [0.25, 0.3) is 0 Å². The zero-order valence-electron chi connectivity index (χ0n) is 5.74. The number of imidazole rings is 1. The molecule has 0 saturated carbocycles. The van der Waals surface area contributed by atoms with E-state index in [4.69, 9.17) is 5.73 Å². The highest BCUT2D eigenvalue weighted by molar-refractivity contribution is 5.85. The van der Waals surface area contributed by atoms with Crippen LogP contribution in [-0.2, 0) is 0 Å². The number of anilines is 1. The number of aromatic amines is 1. The van der Waals surface area contributed by atoms with E-state index in [0.29, 0.717) is 5.95 Å². The summed E-state index contributed by atoms with van der Waals surface area (Å²) in [4.78, 5) is 6.96. The Morgan fingerprint density at radius 2 is 2.00 bits per heavy atom.